The summed E-state index contributed by atoms with van der Waals surface area (Å²) in [6.45, 7) is 5.19. The number of carbonyl (C=O) groups is 1. The van der Waals surface area contributed by atoms with E-state index in [4.69, 9.17) is 0 Å². The third-order valence-corrected chi connectivity index (χ3v) is 6.22. The van der Waals surface area contributed by atoms with Gasteiger partial charge in [0.2, 0.25) is 0 Å². The number of aromatic nitrogens is 3. The van der Waals surface area contributed by atoms with Gasteiger partial charge < -0.3 is 15.1 Å². The maximum absolute atomic E-state index is 13.6. The van der Waals surface area contributed by atoms with E-state index in [0.29, 0.717) is 12.1 Å². The first-order chi connectivity index (χ1) is 15.2. The Morgan fingerprint density at radius 1 is 1.13 bits per heavy atom. The van der Waals surface area contributed by atoms with E-state index in [9.17, 15) is 4.79 Å². The Kier molecular flexibility index (Phi) is 5.19. The van der Waals surface area contributed by atoms with E-state index in [1.54, 1.807) is 0 Å². The third kappa shape index (κ3) is 3.59. The van der Waals surface area contributed by atoms with Crippen LogP contribution in [-0.4, -0.2) is 57.2 Å². The number of rotatable bonds is 4. The Morgan fingerprint density at radius 3 is 2.77 bits per heavy atom. The molecule has 1 fully saturated rings. The number of nitrogens with one attached hydrogen (secondary N) is 1. The van der Waals surface area contributed by atoms with E-state index >= 15 is 0 Å². The molecule has 2 aliphatic rings. The number of likely N-dealkylation sites (N-methyl/N-ethyl adjacent to an activating group) is 1. The molecular formula is C24H28N6O. The van der Waals surface area contributed by atoms with Crippen LogP contribution in [0.1, 0.15) is 47.0 Å². The molecule has 31 heavy (non-hydrogen) atoms. The summed E-state index contributed by atoms with van der Waals surface area (Å²) in [5.74, 6) is 1.97. The zero-order chi connectivity index (χ0) is 21.4. The van der Waals surface area contributed by atoms with Crippen molar-refractivity contribution < 1.29 is 4.79 Å². The van der Waals surface area contributed by atoms with Gasteiger partial charge in [-0.3, -0.25) is 9.36 Å². The lowest BCUT2D eigenvalue weighted by atomic mass is 10.0. The average Bonchev–Trinajstić information content (AvgIpc) is 3.22. The number of amides is 1. The second-order valence-electron chi connectivity index (χ2n) is 8.39. The Bertz CT molecular complexity index is 1090. The number of aryl methyl sites for hydroxylation is 1. The summed E-state index contributed by atoms with van der Waals surface area (Å²) in [5, 5.41) is 12.1. The van der Waals surface area contributed by atoms with Crippen LogP contribution in [-0.2, 0) is 13.0 Å². The minimum absolute atomic E-state index is 0.0528. The predicted molar refractivity (Wildman–Crippen MR) is 120 cm³/mol. The van der Waals surface area contributed by atoms with Gasteiger partial charge in [0.1, 0.15) is 5.82 Å². The first kappa shape index (κ1) is 19.8. The van der Waals surface area contributed by atoms with Crippen molar-refractivity contribution in [3.05, 3.63) is 71.3 Å². The monoisotopic (exact) mass is 416 g/mol. The van der Waals surface area contributed by atoms with Crippen LogP contribution in [0.15, 0.2) is 48.5 Å². The molecule has 7 nitrogen and oxygen atoms in total. The van der Waals surface area contributed by atoms with Crippen molar-refractivity contribution in [2.24, 2.45) is 0 Å². The molecule has 1 aromatic heterocycles. The van der Waals surface area contributed by atoms with Gasteiger partial charge in [-0.1, -0.05) is 37.3 Å². The summed E-state index contributed by atoms with van der Waals surface area (Å²) in [6.07, 6.45) is 1.90. The zero-order valence-electron chi connectivity index (χ0n) is 18.1. The molecule has 0 spiro atoms. The maximum atomic E-state index is 13.6. The van der Waals surface area contributed by atoms with Crippen LogP contribution < -0.4 is 5.32 Å². The molecule has 0 bridgehead atoms. The third-order valence-electron chi connectivity index (χ3n) is 6.22. The van der Waals surface area contributed by atoms with Gasteiger partial charge >= 0.3 is 0 Å². The van der Waals surface area contributed by atoms with Crippen molar-refractivity contribution in [1.82, 2.24) is 24.6 Å². The van der Waals surface area contributed by atoms with Gasteiger partial charge in [0.05, 0.1) is 24.0 Å². The van der Waals surface area contributed by atoms with Gasteiger partial charge in [-0.05, 0) is 37.2 Å². The summed E-state index contributed by atoms with van der Waals surface area (Å²) in [5.41, 5.74) is 3.87. The van der Waals surface area contributed by atoms with E-state index in [2.05, 4.69) is 51.1 Å². The standard InChI is InChI=1S/C24H28N6O/c1-3-7-22-26-27-23-15-25-19-14-18(10-11-20(19)30(22)23)24(31)29-13-12-28(2)16-21(29)17-8-5-4-6-9-17/h4-6,8-11,14,21,25H,3,7,12-13,15-16H2,1-2H3. The van der Waals surface area contributed by atoms with Crippen LogP contribution in [0, 0.1) is 0 Å². The second-order valence-corrected chi connectivity index (χ2v) is 8.39. The summed E-state index contributed by atoms with van der Waals surface area (Å²) < 4.78 is 2.13. The molecule has 2 aliphatic heterocycles. The lowest BCUT2D eigenvalue weighted by Gasteiger charge is -2.40. The van der Waals surface area contributed by atoms with E-state index in [1.165, 1.54) is 5.56 Å². The van der Waals surface area contributed by atoms with Crippen molar-refractivity contribution in [3.63, 3.8) is 0 Å². The number of anilines is 1. The summed E-state index contributed by atoms with van der Waals surface area (Å²) in [7, 11) is 2.12. The first-order valence-electron chi connectivity index (χ1n) is 11.0. The van der Waals surface area contributed by atoms with Crippen molar-refractivity contribution in [2.75, 3.05) is 32.0 Å². The quantitative estimate of drug-likeness (QED) is 0.707. The highest BCUT2D eigenvalue weighted by Gasteiger charge is 2.31. The molecule has 7 heteroatoms. The van der Waals surface area contributed by atoms with Crippen LogP contribution in [0.4, 0.5) is 5.69 Å². The lowest BCUT2D eigenvalue weighted by molar-refractivity contribution is 0.0498. The highest BCUT2D eigenvalue weighted by Crippen LogP contribution is 2.31. The van der Waals surface area contributed by atoms with E-state index in [1.807, 2.05) is 41.3 Å². The van der Waals surface area contributed by atoms with Crippen LogP contribution >= 0.6 is 0 Å². The fraction of sp³-hybridized carbons (Fsp3) is 0.375. The molecule has 2 aromatic carbocycles. The van der Waals surface area contributed by atoms with E-state index < -0.39 is 0 Å². The smallest absolute Gasteiger partial charge is 0.254 e. The molecule has 1 saturated heterocycles. The Hall–Kier alpha value is -3.19. The Labute approximate surface area is 182 Å². The maximum Gasteiger partial charge on any atom is 0.254 e. The molecule has 1 N–H and O–H groups in total. The van der Waals surface area contributed by atoms with Gasteiger partial charge in [-0.25, -0.2) is 0 Å². The molecule has 1 amide bonds. The van der Waals surface area contributed by atoms with Crippen LogP contribution in [0.25, 0.3) is 5.69 Å². The largest absolute Gasteiger partial charge is 0.376 e. The van der Waals surface area contributed by atoms with Gasteiger partial charge in [-0.15, -0.1) is 10.2 Å². The second kappa shape index (κ2) is 8.15. The van der Waals surface area contributed by atoms with Crippen molar-refractivity contribution in [3.8, 4) is 5.69 Å². The molecule has 0 aliphatic carbocycles. The van der Waals surface area contributed by atoms with Crippen LogP contribution in [0.2, 0.25) is 0 Å². The highest BCUT2D eigenvalue weighted by atomic mass is 16.2. The van der Waals surface area contributed by atoms with Crippen molar-refractivity contribution in [1.29, 1.82) is 0 Å². The molecule has 0 saturated carbocycles. The Morgan fingerprint density at radius 2 is 1.97 bits per heavy atom. The van der Waals surface area contributed by atoms with Gasteiger partial charge in [0, 0.05) is 31.6 Å². The van der Waals surface area contributed by atoms with Gasteiger partial charge in [-0.2, -0.15) is 0 Å². The average molecular weight is 417 g/mol. The molecule has 0 radical (unpaired) electrons. The SMILES string of the molecule is CCCc1nnc2n1-c1ccc(C(=O)N3CCN(C)CC3c3ccccc3)cc1NC2. The number of hydrogen-bond acceptors (Lipinski definition) is 5. The van der Waals surface area contributed by atoms with Crippen molar-refractivity contribution in [2.45, 2.75) is 32.4 Å². The number of fused-ring (bicyclic) bond motifs is 3. The number of nitrogens with zero attached hydrogens (tertiary/aromatic N) is 5. The Balaban J connectivity index is 1.47. The summed E-state index contributed by atoms with van der Waals surface area (Å²) >= 11 is 0. The normalized spacial score (nSPS) is 18.3. The topological polar surface area (TPSA) is 66.3 Å². The highest BCUT2D eigenvalue weighted by molar-refractivity contribution is 5.96. The number of benzene rings is 2. The fourth-order valence-electron chi connectivity index (χ4n) is 4.60. The van der Waals surface area contributed by atoms with E-state index in [-0.39, 0.29) is 11.9 Å². The van der Waals surface area contributed by atoms with Gasteiger partial charge in [0.15, 0.2) is 5.82 Å². The van der Waals surface area contributed by atoms with Gasteiger partial charge in [0.25, 0.3) is 5.91 Å². The molecule has 5 rings (SSSR count). The molecule has 3 aromatic rings. The molecule has 160 valence electrons. The van der Waals surface area contributed by atoms with Crippen molar-refractivity contribution >= 4 is 11.6 Å². The molecular weight excluding hydrogens is 388 g/mol. The minimum atomic E-state index is 0.0528. The lowest BCUT2D eigenvalue weighted by Crippen LogP contribution is -2.49. The number of piperazine rings is 1. The first-order valence-corrected chi connectivity index (χ1v) is 11.0. The summed E-state index contributed by atoms with van der Waals surface area (Å²) in [6, 6.07) is 16.3. The number of carbonyl (C=O) groups excluding carboxylic acids is 1. The zero-order valence-corrected chi connectivity index (χ0v) is 18.1. The molecule has 1 unspecified atom stereocenters. The fourth-order valence-corrected chi connectivity index (χ4v) is 4.60. The molecule has 3 heterocycles. The predicted octanol–water partition coefficient (Wildman–Crippen LogP) is 3.27. The van der Waals surface area contributed by atoms with E-state index in [0.717, 1.165) is 55.5 Å². The number of hydrogen-bond donors (Lipinski definition) is 1. The van der Waals surface area contributed by atoms with Crippen LogP contribution in [0.5, 0.6) is 0 Å². The molecule has 1 atom stereocenters. The minimum Gasteiger partial charge on any atom is -0.376 e. The van der Waals surface area contributed by atoms with Crippen LogP contribution in [0.3, 0.4) is 0 Å². The summed E-state index contributed by atoms with van der Waals surface area (Å²) in [4.78, 5) is 17.9.